The van der Waals surface area contributed by atoms with Crippen LogP contribution in [0.1, 0.15) is 82.9 Å². The van der Waals surface area contributed by atoms with Gasteiger partial charge in [0.05, 0.1) is 0 Å². The Morgan fingerprint density at radius 1 is 0.541 bits per heavy atom. The van der Waals surface area contributed by atoms with Crippen LogP contribution in [0.2, 0.25) is 5.54 Å². The van der Waals surface area contributed by atoms with Crippen LogP contribution >= 0.6 is 0 Å². The molecule has 0 bridgehead atoms. The van der Waals surface area contributed by atoms with Gasteiger partial charge in [-0.05, 0) is 77.7 Å². The SMILES string of the molecule is CCCCc1ccc([Si](c2ccc(CCCC)cc2)(c2ccc(CCCC)cc2)C2C=CC(C)=C2)cc1. The maximum Gasteiger partial charge on any atom is 0.158 e. The molecule has 1 unspecified atom stereocenters. The molecule has 1 aliphatic rings. The van der Waals surface area contributed by atoms with Crippen LogP contribution in [0.25, 0.3) is 0 Å². The van der Waals surface area contributed by atoms with Crippen molar-refractivity contribution in [3.63, 3.8) is 0 Å². The summed E-state index contributed by atoms with van der Waals surface area (Å²) in [6.07, 6.45) is 18.4. The van der Waals surface area contributed by atoms with Gasteiger partial charge in [-0.25, -0.2) is 0 Å². The minimum Gasteiger partial charge on any atom is -0.0791 e. The molecule has 0 heterocycles. The van der Waals surface area contributed by atoms with Crippen molar-refractivity contribution in [2.24, 2.45) is 0 Å². The topological polar surface area (TPSA) is 0 Å². The standard InChI is InChI=1S/C36H46Si/c1-5-8-11-30-15-22-33(23-16-30)37(36-21-14-29(4)28-36,34-24-17-31(18-25-34)12-9-6-2)35-26-19-32(20-27-35)13-10-7-3/h14-28,36H,5-13H2,1-4H3. The maximum atomic E-state index is 2.53. The zero-order valence-electron chi connectivity index (χ0n) is 23.6. The maximum absolute atomic E-state index is 2.53. The Morgan fingerprint density at radius 2 is 0.892 bits per heavy atom. The minimum atomic E-state index is -2.36. The van der Waals surface area contributed by atoms with E-state index in [-0.39, 0.29) is 0 Å². The molecule has 0 amide bonds. The van der Waals surface area contributed by atoms with Crippen molar-refractivity contribution in [1.29, 1.82) is 0 Å². The Hall–Kier alpha value is -2.64. The van der Waals surface area contributed by atoms with Gasteiger partial charge < -0.3 is 0 Å². The molecule has 3 aromatic rings. The van der Waals surface area contributed by atoms with Gasteiger partial charge in [0.25, 0.3) is 0 Å². The van der Waals surface area contributed by atoms with Crippen LogP contribution in [0.15, 0.2) is 96.6 Å². The Kier molecular flexibility index (Phi) is 9.80. The number of benzene rings is 3. The van der Waals surface area contributed by atoms with Crippen molar-refractivity contribution in [3.8, 4) is 0 Å². The molecule has 37 heavy (non-hydrogen) atoms. The van der Waals surface area contributed by atoms with Gasteiger partial charge in [-0.1, -0.05) is 137 Å². The number of hydrogen-bond donors (Lipinski definition) is 0. The average molecular weight is 507 g/mol. The summed E-state index contributed by atoms with van der Waals surface area (Å²) in [5.74, 6) is 0. The van der Waals surface area contributed by atoms with Crippen LogP contribution < -0.4 is 15.6 Å². The van der Waals surface area contributed by atoms with Gasteiger partial charge in [-0.2, -0.15) is 0 Å². The molecule has 0 fully saturated rings. The van der Waals surface area contributed by atoms with Crippen molar-refractivity contribution in [1.82, 2.24) is 0 Å². The van der Waals surface area contributed by atoms with Gasteiger partial charge in [-0.3, -0.25) is 0 Å². The van der Waals surface area contributed by atoms with Gasteiger partial charge in [0.15, 0.2) is 8.07 Å². The lowest BCUT2D eigenvalue weighted by Crippen LogP contribution is -2.69. The predicted octanol–water partition coefficient (Wildman–Crippen LogP) is 8.07. The van der Waals surface area contributed by atoms with E-state index < -0.39 is 8.07 Å². The molecule has 194 valence electrons. The Labute approximate surface area is 227 Å². The Bertz CT molecular complexity index is 1040. The molecule has 0 nitrogen and oxygen atoms in total. The summed E-state index contributed by atoms with van der Waals surface area (Å²) in [6.45, 7) is 9.09. The van der Waals surface area contributed by atoms with Crippen LogP contribution in [0.5, 0.6) is 0 Å². The summed E-state index contributed by atoms with van der Waals surface area (Å²) in [7, 11) is -2.36. The number of rotatable bonds is 13. The van der Waals surface area contributed by atoms with Gasteiger partial charge in [-0.15, -0.1) is 0 Å². The molecule has 0 spiro atoms. The molecule has 0 radical (unpaired) electrons. The highest BCUT2D eigenvalue weighted by Crippen LogP contribution is 2.32. The van der Waals surface area contributed by atoms with E-state index >= 15 is 0 Å². The Morgan fingerprint density at radius 3 is 1.16 bits per heavy atom. The highest BCUT2D eigenvalue weighted by atomic mass is 28.3. The van der Waals surface area contributed by atoms with E-state index in [2.05, 4.69) is 119 Å². The number of hydrogen-bond acceptors (Lipinski definition) is 0. The lowest BCUT2D eigenvalue weighted by molar-refractivity contribution is 0.795. The summed E-state index contributed by atoms with van der Waals surface area (Å²) in [4.78, 5) is 0. The molecule has 0 saturated carbocycles. The fraction of sp³-hybridized carbons (Fsp3) is 0.389. The Balaban J connectivity index is 1.88. The number of allylic oxidation sites excluding steroid dienone is 4. The fourth-order valence-corrected chi connectivity index (χ4v) is 11.1. The molecular weight excluding hydrogens is 460 g/mol. The highest BCUT2D eigenvalue weighted by Gasteiger charge is 2.45. The van der Waals surface area contributed by atoms with Gasteiger partial charge >= 0.3 is 0 Å². The largest absolute Gasteiger partial charge is 0.158 e. The molecule has 0 aromatic heterocycles. The molecule has 1 aliphatic carbocycles. The smallest absolute Gasteiger partial charge is 0.0791 e. The number of unbranched alkanes of at least 4 members (excludes halogenated alkanes) is 3. The summed E-state index contributed by atoms with van der Waals surface area (Å²) in [5.41, 5.74) is 6.20. The summed E-state index contributed by atoms with van der Waals surface area (Å²) < 4.78 is 0. The zero-order valence-corrected chi connectivity index (χ0v) is 24.6. The van der Waals surface area contributed by atoms with Crippen molar-refractivity contribution < 1.29 is 0 Å². The average Bonchev–Trinajstić information content (AvgIpc) is 3.38. The molecule has 4 rings (SSSR count). The third kappa shape index (κ3) is 6.26. The molecular formula is C36H46Si. The van der Waals surface area contributed by atoms with Crippen molar-refractivity contribution >= 4 is 23.6 Å². The predicted molar refractivity (Wildman–Crippen MR) is 166 cm³/mol. The van der Waals surface area contributed by atoms with E-state index in [0.717, 1.165) is 0 Å². The summed E-state index contributed by atoms with van der Waals surface area (Å²) in [6, 6.07) is 29.3. The van der Waals surface area contributed by atoms with E-state index in [4.69, 9.17) is 0 Å². The quantitative estimate of drug-likeness (QED) is 0.162. The van der Waals surface area contributed by atoms with E-state index in [0.29, 0.717) is 5.54 Å². The monoisotopic (exact) mass is 506 g/mol. The third-order valence-corrected chi connectivity index (χ3v) is 13.3. The minimum absolute atomic E-state index is 0.414. The van der Waals surface area contributed by atoms with E-state index in [1.807, 2.05) is 0 Å². The second-order valence-electron chi connectivity index (χ2n) is 11.0. The zero-order chi connectivity index (χ0) is 26.1. The molecule has 0 N–H and O–H groups in total. The second kappa shape index (κ2) is 13.2. The van der Waals surface area contributed by atoms with Gasteiger partial charge in [0.1, 0.15) is 0 Å². The van der Waals surface area contributed by atoms with Crippen LogP contribution in [-0.2, 0) is 19.3 Å². The van der Waals surface area contributed by atoms with Crippen molar-refractivity contribution in [2.75, 3.05) is 0 Å². The highest BCUT2D eigenvalue weighted by molar-refractivity contribution is 7.13. The normalized spacial score (nSPS) is 15.2. The third-order valence-electron chi connectivity index (χ3n) is 8.19. The van der Waals surface area contributed by atoms with Crippen molar-refractivity contribution in [3.05, 3.63) is 113 Å². The second-order valence-corrected chi connectivity index (χ2v) is 15.0. The van der Waals surface area contributed by atoms with Crippen LogP contribution in [-0.4, -0.2) is 8.07 Å². The molecule has 0 saturated heterocycles. The van der Waals surface area contributed by atoms with E-state index in [1.54, 1.807) is 0 Å². The van der Waals surface area contributed by atoms with E-state index in [9.17, 15) is 0 Å². The molecule has 3 aromatic carbocycles. The first kappa shape index (κ1) is 27.4. The summed E-state index contributed by atoms with van der Waals surface area (Å²) in [5, 5.41) is 4.57. The number of aryl methyl sites for hydroxylation is 3. The fourth-order valence-electron chi connectivity index (χ4n) is 5.94. The molecule has 1 atom stereocenters. The van der Waals surface area contributed by atoms with Crippen LogP contribution in [0, 0.1) is 0 Å². The van der Waals surface area contributed by atoms with Gasteiger partial charge in [0.2, 0.25) is 0 Å². The lowest BCUT2D eigenvalue weighted by atomic mass is 10.1. The van der Waals surface area contributed by atoms with Gasteiger partial charge in [0, 0.05) is 5.54 Å². The molecule has 0 aliphatic heterocycles. The lowest BCUT2D eigenvalue weighted by Gasteiger charge is -2.38. The van der Waals surface area contributed by atoms with Crippen molar-refractivity contribution in [2.45, 2.75) is 91.0 Å². The van der Waals surface area contributed by atoms with Crippen LogP contribution in [0.3, 0.4) is 0 Å². The first-order chi connectivity index (χ1) is 18.1. The first-order valence-corrected chi connectivity index (χ1v) is 16.8. The van der Waals surface area contributed by atoms with Crippen LogP contribution in [0.4, 0.5) is 0 Å². The summed E-state index contributed by atoms with van der Waals surface area (Å²) >= 11 is 0. The molecule has 1 heteroatoms. The first-order valence-electron chi connectivity index (χ1n) is 14.8. The van der Waals surface area contributed by atoms with E-state index in [1.165, 1.54) is 95.6 Å².